The van der Waals surface area contributed by atoms with Crippen molar-refractivity contribution in [1.82, 2.24) is 9.88 Å². The SMILES string of the molecule is CCc1nc(CC(=O)N(C)C2(C(=O)O)CCCCC2)cs1. The molecule has 5 nitrogen and oxygen atoms in total. The molecule has 1 saturated carbocycles. The van der Waals surface area contributed by atoms with Gasteiger partial charge < -0.3 is 10.0 Å². The van der Waals surface area contributed by atoms with Gasteiger partial charge in [0.05, 0.1) is 17.1 Å². The van der Waals surface area contributed by atoms with Crippen LogP contribution in [0.5, 0.6) is 0 Å². The molecule has 116 valence electrons. The van der Waals surface area contributed by atoms with Crippen molar-refractivity contribution in [2.45, 2.75) is 57.4 Å². The molecule has 0 atom stereocenters. The maximum Gasteiger partial charge on any atom is 0.329 e. The Morgan fingerprint density at radius 3 is 2.57 bits per heavy atom. The molecule has 1 aromatic rings. The quantitative estimate of drug-likeness (QED) is 0.907. The lowest BCUT2D eigenvalue weighted by Gasteiger charge is -2.41. The van der Waals surface area contributed by atoms with Crippen LogP contribution in [-0.2, 0) is 22.4 Å². The van der Waals surface area contributed by atoms with E-state index in [-0.39, 0.29) is 12.3 Å². The Labute approximate surface area is 129 Å². The largest absolute Gasteiger partial charge is 0.479 e. The summed E-state index contributed by atoms with van der Waals surface area (Å²) >= 11 is 1.55. The Hall–Kier alpha value is -1.43. The molecule has 1 aliphatic carbocycles. The zero-order valence-corrected chi connectivity index (χ0v) is 13.4. The van der Waals surface area contributed by atoms with Crippen molar-refractivity contribution >= 4 is 23.2 Å². The third kappa shape index (κ3) is 3.26. The van der Waals surface area contributed by atoms with Gasteiger partial charge in [-0.2, -0.15) is 0 Å². The van der Waals surface area contributed by atoms with Gasteiger partial charge in [0.2, 0.25) is 5.91 Å². The first kappa shape index (κ1) is 15.9. The lowest BCUT2D eigenvalue weighted by Crippen LogP contribution is -2.56. The van der Waals surface area contributed by atoms with Gasteiger partial charge in [0.15, 0.2) is 0 Å². The van der Waals surface area contributed by atoms with Crippen LogP contribution in [-0.4, -0.2) is 39.5 Å². The highest BCUT2D eigenvalue weighted by molar-refractivity contribution is 7.09. The molecular weight excluding hydrogens is 288 g/mol. The summed E-state index contributed by atoms with van der Waals surface area (Å²) < 4.78 is 0. The Morgan fingerprint density at radius 2 is 2.05 bits per heavy atom. The van der Waals surface area contributed by atoms with Crippen LogP contribution in [0.25, 0.3) is 0 Å². The zero-order valence-electron chi connectivity index (χ0n) is 12.6. The van der Waals surface area contributed by atoms with E-state index < -0.39 is 11.5 Å². The molecule has 0 aliphatic heterocycles. The van der Waals surface area contributed by atoms with E-state index in [1.807, 2.05) is 12.3 Å². The number of carboxylic acid groups (broad SMARTS) is 1. The van der Waals surface area contributed by atoms with Gasteiger partial charge in [0.1, 0.15) is 5.54 Å². The highest BCUT2D eigenvalue weighted by Crippen LogP contribution is 2.33. The van der Waals surface area contributed by atoms with E-state index in [1.165, 1.54) is 4.90 Å². The number of nitrogens with zero attached hydrogens (tertiary/aromatic N) is 2. The molecule has 1 aliphatic rings. The number of carbonyl (C=O) groups excluding carboxylic acids is 1. The summed E-state index contributed by atoms with van der Waals surface area (Å²) in [6.07, 6.45) is 4.89. The lowest BCUT2D eigenvalue weighted by atomic mass is 9.80. The van der Waals surface area contributed by atoms with Crippen molar-refractivity contribution < 1.29 is 14.7 Å². The second-order valence-corrected chi connectivity index (χ2v) is 6.56. The highest BCUT2D eigenvalue weighted by Gasteiger charge is 2.45. The molecule has 6 heteroatoms. The number of carboxylic acids is 1. The fraction of sp³-hybridized carbons (Fsp3) is 0.667. The summed E-state index contributed by atoms with van der Waals surface area (Å²) in [4.78, 5) is 30.0. The summed E-state index contributed by atoms with van der Waals surface area (Å²) in [5, 5.41) is 12.5. The molecule has 1 N–H and O–H groups in total. The first-order valence-electron chi connectivity index (χ1n) is 7.43. The molecule has 1 heterocycles. The monoisotopic (exact) mass is 310 g/mol. The minimum Gasteiger partial charge on any atom is -0.479 e. The maximum absolute atomic E-state index is 12.4. The van der Waals surface area contributed by atoms with Gasteiger partial charge in [-0.3, -0.25) is 4.79 Å². The van der Waals surface area contributed by atoms with Crippen molar-refractivity contribution in [2.75, 3.05) is 7.05 Å². The molecule has 1 fully saturated rings. The standard InChI is InChI=1S/C15H22N2O3S/c1-3-12-16-11(10-21-12)9-13(18)17(2)15(14(19)20)7-5-4-6-8-15/h10H,3-9H2,1-2H3,(H,19,20). The van der Waals surface area contributed by atoms with Crippen LogP contribution >= 0.6 is 11.3 Å². The second-order valence-electron chi connectivity index (χ2n) is 5.61. The number of likely N-dealkylation sites (N-methyl/N-ethyl adjacent to an activating group) is 1. The normalized spacial score (nSPS) is 17.4. The Morgan fingerprint density at radius 1 is 1.38 bits per heavy atom. The van der Waals surface area contributed by atoms with E-state index in [0.29, 0.717) is 12.8 Å². The van der Waals surface area contributed by atoms with Crippen LogP contribution in [0, 0.1) is 0 Å². The molecule has 0 bridgehead atoms. The molecular formula is C15H22N2O3S. The number of rotatable bonds is 5. The molecule has 0 radical (unpaired) electrons. The molecule has 0 unspecified atom stereocenters. The smallest absolute Gasteiger partial charge is 0.329 e. The van der Waals surface area contributed by atoms with Gasteiger partial charge in [-0.1, -0.05) is 26.2 Å². The average Bonchev–Trinajstić information content (AvgIpc) is 2.94. The number of amides is 1. The summed E-state index contributed by atoms with van der Waals surface area (Å²) in [6.45, 7) is 2.03. The van der Waals surface area contributed by atoms with Crippen molar-refractivity contribution in [3.8, 4) is 0 Å². The fourth-order valence-corrected chi connectivity index (χ4v) is 3.68. The number of aryl methyl sites for hydroxylation is 1. The number of aliphatic carboxylic acids is 1. The summed E-state index contributed by atoms with van der Waals surface area (Å²) in [5.74, 6) is -1.04. The first-order valence-corrected chi connectivity index (χ1v) is 8.31. The zero-order chi connectivity index (χ0) is 15.5. The van der Waals surface area contributed by atoms with Gasteiger partial charge in [0.25, 0.3) is 0 Å². The van der Waals surface area contributed by atoms with Crippen LogP contribution in [0.4, 0.5) is 0 Å². The summed E-state index contributed by atoms with van der Waals surface area (Å²) in [6, 6.07) is 0. The molecule has 21 heavy (non-hydrogen) atoms. The second kappa shape index (κ2) is 6.56. The van der Waals surface area contributed by atoms with E-state index >= 15 is 0 Å². The minimum atomic E-state index is -1.03. The van der Waals surface area contributed by atoms with Crippen LogP contribution < -0.4 is 0 Å². The number of aromatic nitrogens is 1. The van der Waals surface area contributed by atoms with Crippen LogP contribution in [0.2, 0.25) is 0 Å². The molecule has 1 aromatic heterocycles. The van der Waals surface area contributed by atoms with E-state index in [4.69, 9.17) is 0 Å². The summed E-state index contributed by atoms with van der Waals surface area (Å²) in [7, 11) is 1.62. The summed E-state index contributed by atoms with van der Waals surface area (Å²) in [5.41, 5.74) is -0.288. The predicted octanol–water partition coefficient (Wildman–Crippen LogP) is 2.49. The number of carbonyl (C=O) groups is 2. The molecule has 0 saturated heterocycles. The van der Waals surface area contributed by atoms with Gasteiger partial charge >= 0.3 is 5.97 Å². The third-order valence-corrected chi connectivity index (χ3v) is 5.37. The highest BCUT2D eigenvalue weighted by atomic mass is 32.1. The van der Waals surface area contributed by atoms with E-state index in [0.717, 1.165) is 36.4 Å². The van der Waals surface area contributed by atoms with E-state index in [1.54, 1.807) is 18.4 Å². The minimum absolute atomic E-state index is 0.160. The third-order valence-electron chi connectivity index (χ3n) is 4.33. The average molecular weight is 310 g/mol. The van der Waals surface area contributed by atoms with Crippen molar-refractivity contribution in [2.24, 2.45) is 0 Å². The maximum atomic E-state index is 12.4. The topological polar surface area (TPSA) is 70.5 Å². The molecule has 0 aromatic carbocycles. The molecule has 1 amide bonds. The van der Waals surface area contributed by atoms with Crippen LogP contribution in [0.3, 0.4) is 0 Å². The number of thiazole rings is 1. The van der Waals surface area contributed by atoms with Gasteiger partial charge in [0, 0.05) is 12.4 Å². The number of hydrogen-bond acceptors (Lipinski definition) is 4. The predicted molar refractivity (Wildman–Crippen MR) is 81.4 cm³/mol. The van der Waals surface area contributed by atoms with Crippen molar-refractivity contribution in [1.29, 1.82) is 0 Å². The lowest BCUT2D eigenvalue weighted by molar-refractivity contribution is -0.160. The number of hydrogen-bond donors (Lipinski definition) is 1. The Bertz CT molecular complexity index is 521. The van der Waals surface area contributed by atoms with Crippen molar-refractivity contribution in [3.63, 3.8) is 0 Å². The Kier molecular flexibility index (Phi) is 4.98. The molecule has 0 spiro atoms. The van der Waals surface area contributed by atoms with Gasteiger partial charge in [-0.05, 0) is 19.3 Å². The molecule has 2 rings (SSSR count). The van der Waals surface area contributed by atoms with Crippen LogP contribution in [0.1, 0.15) is 49.7 Å². The van der Waals surface area contributed by atoms with E-state index in [9.17, 15) is 14.7 Å². The van der Waals surface area contributed by atoms with Crippen molar-refractivity contribution in [3.05, 3.63) is 16.1 Å². The van der Waals surface area contributed by atoms with E-state index in [2.05, 4.69) is 4.98 Å². The Balaban J connectivity index is 2.10. The van der Waals surface area contributed by atoms with Gasteiger partial charge in [-0.25, -0.2) is 9.78 Å². The first-order chi connectivity index (χ1) is 9.99. The van der Waals surface area contributed by atoms with Crippen LogP contribution in [0.15, 0.2) is 5.38 Å². The van der Waals surface area contributed by atoms with Gasteiger partial charge in [-0.15, -0.1) is 11.3 Å². The fourth-order valence-electron chi connectivity index (χ4n) is 2.93.